The highest BCUT2D eigenvalue weighted by Crippen LogP contribution is 2.13. The lowest BCUT2D eigenvalue weighted by atomic mass is 10.1. The van der Waals surface area contributed by atoms with Crippen LogP contribution in [0.2, 0.25) is 0 Å². The highest BCUT2D eigenvalue weighted by Gasteiger charge is 2.18. The Labute approximate surface area is 114 Å². The molecule has 0 aromatic rings. The second kappa shape index (κ2) is 8.46. The first-order chi connectivity index (χ1) is 9.00. The summed E-state index contributed by atoms with van der Waals surface area (Å²) in [4.78, 5) is 15.7. The first kappa shape index (κ1) is 16.3. The van der Waals surface area contributed by atoms with E-state index in [1.165, 1.54) is 0 Å². The predicted octanol–water partition coefficient (Wildman–Crippen LogP) is 2.75. The molecule has 0 aromatic heterocycles. The monoisotopic (exact) mass is 276 g/mol. The number of amides is 1. The molecule has 1 rings (SSSR count). The third-order valence-electron chi connectivity index (χ3n) is 3.92. The fourth-order valence-electron chi connectivity index (χ4n) is 2.42. The van der Waals surface area contributed by atoms with E-state index in [0.29, 0.717) is 13.0 Å². The minimum atomic E-state index is -2.23. The Hall–Kier alpha value is -0.710. The van der Waals surface area contributed by atoms with E-state index in [2.05, 4.69) is 0 Å². The fourth-order valence-corrected chi connectivity index (χ4v) is 2.42. The molecule has 1 aliphatic heterocycles. The summed E-state index contributed by atoms with van der Waals surface area (Å²) in [5.74, 6) is 0.250. The van der Waals surface area contributed by atoms with Gasteiger partial charge >= 0.3 is 0 Å². The van der Waals surface area contributed by atoms with Gasteiger partial charge in [0.15, 0.2) is 0 Å². The van der Waals surface area contributed by atoms with Crippen molar-refractivity contribution in [3.63, 3.8) is 0 Å². The highest BCUT2D eigenvalue weighted by atomic mass is 19.3. The molecular weight excluding hydrogens is 250 g/mol. The van der Waals surface area contributed by atoms with Crippen LogP contribution in [0.5, 0.6) is 0 Å². The molecule has 5 heteroatoms. The zero-order valence-corrected chi connectivity index (χ0v) is 12.1. The summed E-state index contributed by atoms with van der Waals surface area (Å²) in [5, 5.41) is 0. The van der Waals surface area contributed by atoms with Gasteiger partial charge in [-0.25, -0.2) is 8.78 Å². The summed E-state index contributed by atoms with van der Waals surface area (Å²) < 4.78 is 24.2. The van der Waals surface area contributed by atoms with E-state index in [1.807, 2.05) is 23.8 Å². The molecule has 1 saturated heterocycles. The molecule has 19 heavy (non-hydrogen) atoms. The predicted molar refractivity (Wildman–Crippen MR) is 72.4 cm³/mol. The van der Waals surface area contributed by atoms with Gasteiger partial charge in [0.05, 0.1) is 0 Å². The lowest BCUT2D eigenvalue weighted by Crippen LogP contribution is -2.32. The zero-order valence-electron chi connectivity index (χ0n) is 12.1. The van der Waals surface area contributed by atoms with E-state index in [-0.39, 0.29) is 18.4 Å². The maximum Gasteiger partial charge on any atom is 0.239 e. The van der Waals surface area contributed by atoms with Crippen molar-refractivity contribution < 1.29 is 13.6 Å². The third-order valence-corrected chi connectivity index (χ3v) is 3.92. The van der Waals surface area contributed by atoms with Gasteiger partial charge in [0.25, 0.3) is 0 Å². The molecule has 1 unspecified atom stereocenters. The first-order valence-electron chi connectivity index (χ1n) is 7.27. The fraction of sp³-hybridized carbons (Fsp3) is 0.929. The van der Waals surface area contributed by atoms with Crippen LogP contribution in [0.4, 0.5) is 8.78 Å². The number of carbonyl (C=O) groups is 1. The van der Waals surface area contributed by atoms with Crippen molar-refractivity contribution in [2.24, 2.45) is 0 Å². The number of nitrogens with zero attached hydrogens (tertiary/aromatic N) is 2. The van der Waals surface area contributed by atoms with Crippen molar-refractivity contribution in [2.75, 3.05) is 26.7 Å². The van der Waals surface area contributed by atoms with Crippen molar-refractivity contribution in [1.82, 2.24) is 9.80 Å². The van der Waals surface area contributed by atoms with Crippen molar-refractivity contribution in [3.8, 4) is 0 Å². The Balaban J connectivity index is 2.11. The molecule has 3 nitrogen and oxygen atoms in total. The molecule has 0 radical (unpaired) electrons. The van der Waals surface area contributed by atoms with E-state index >= 15 is 0 Å². The minimum absolute atomic E-state index is 0.0758. The van der Waals surface area contributed by atoms with Gasteiger partial charge in [-0.3, -0.25) is 4.79 Å². The Morgan fingerprint density at radius 1 is 1.26 bits per heavy atom. The molecule has 112 valence electrons. The van der Waals surface area contributed by atoms with Crippen LogP contribution in [-0.4, -0.2) is 54.9 Å². The molecule has 0 spiro atoms. The van der Waals surface area contributed by atoms with Crippen molar-refractivity contribution in [3.05, 3.63) is 0 Å². The number of likely N-dealkylation sites (tertiary alicyclic amines) is 1. The van der Waals surface area contributed by atoms with Gasteiger partial charge in [-0.2, -0.15) is 0 Å². The molecule has 0 bridgehead atoms. The van der Waals surface area contributed by atoms with E-state index in [9.17, 15) is 13.6 Å². The van der Waals surface area contributed by atoms with Crippen molar-refractivity contribution in [1.29, 1.82) is 0 Å². The van der Waals surface area contributed by atoms with Crippen LogP contribution in [0.1, 0.15) is 45.4 Å². The molecule has 1 atom stereocenters. The minimum Gasteiger partial charge on any atom is -0.343 e. The zero-order chi connectivity index (χ0) is 14.3. The summed E-state index contributed by atoms with van der Waals surface area (Å²) in [6, 6.07) is 0.255. The highest BCUT2D eigenvalue weighted by molar-refractivity contribution is 5.76. The largest absolute Gasteiger partial charge is 0.343 e. The van der Waals surface area contributed by atoms with Gasteiger partial charge in [-0.15, -0.1) is 0 Å². The van der Waals surface area contributed by atoms with Gasteiger partial charge < -0.3 is 9.80 Å². The molecular formula is C14H26F2N2O. The lowest BCUT2D eigenvalue weighted by molar-refractivity contribution is -0.130. The summed E-state index contributed by atoms with van der Waals surface area (Å²) >= 11 is 0. The second-order valence-electron chi connectivity index (χ2n) is 5.49. The van der Waals surface area contributed by atoms with Gasteiger partial charge in [-0.05, 0) is 39.7 Å². The van der Waals surface area contributed by atoms with Crippen LogP contribution in [-0.2, 0) is 4.79 Å². The molecule has 0 saturated carbocycles. The number of hydrogen-bond acceptors (Lipinski definition) is 2. The van der Waals surface area contributed by atoms with Crippen molar-refractivity contribution >= 4 is 5.91 Å². The Kier molecular flexibility index (Phi) is 7.28. The molecule has 1 fully saturated rings. The average Bonchev–Trinajstić information content (AvgIpc) is 2.89. The summed E-state index contributed by atoms with van der Waals surface area (Å²) in [7, 11) is 1.87. The van der Waals surface area contributed by atoms with E-state index in [0.717, 1.165) is 38.8 Å². The quantitative estimate of drug-likeness (QED) is 0.680. The number of rotatable bonds is 8. The topological polar surface area (TPSA) is 23.6 Å². The summed E-state index contributed by atoms with van der Waals surface area (Å²) in [5.41, 5.74) is 0. The number of hydrogen-bond donors (Lipinski definition) is 0. The molecule has 1 aliphatic rings. The third kappa shape index (κ3) is 6.32. The SMILES string of the molecule is CC(CCCC(=O)N1CCCC1)N(C)CCC(F)F. The van der Waals surface area contributed by atoms with E-state index in [1.54, 1.807) is 0 Å². The molecule has 1 heterocycles. The Morgan fingerprint density at radius 3 is 2.47 bits per heavy atom. The van der Waals surface area contributed by atoms with E-state index in [4.69, 9.17) is 0 Å². The molecule has 0 aromatic carbocycles. The Morgan fingerprint density at radius 2 is 1.89 bits per heavy atom. The van der Waals surface area contributed by atoms with Crippen LogP contribution in [0.25, 0.3) is 0 Å². The number of carbonyl (C=O) groups excluding carboxylic acids is 1. The maximum absolute atomic E-state index is 12.1. The summed E-state index contributed by atoms with van der Waals surface area (Å²) in [6.45, 7) is 4.26. The lowest BCUT2D eigenvalue weighted by Gasteiger charge is -2.24. The van der Waals surface area contributed by atoms with Crippen LogP contribution in [0.15, 0.2) is 0 Å². The average molecular weight is 276 g/mol. The van der Waals surface area contributed by atoms with Gasteiger partial charge in [-0.1, -0.05) is 0 Å². The van der Waals surface area contributed by atoms with Gasteiger partial charge in [0.2, 0.25) is 12.3 Å². The summed E-state index contributed by atoms with van der Waals surface area (Å²) in [6.07, 6.45) is 2.26. The molecule has 1 amide bonds. The Bertz CT molecular complexity index is 268. The number of alkyl halides is 2. The van der Waals surface area contributed by atoms with Crippen LogP contribution in [0.3, 0.4) is 0 Å². The van der Waals surface area contributed by atoms with Crippen LogP contribution < -0.4 is 0 Å². The van der Waals surface area contributed by atoms with Crippen LogP contribution in [0, 0.1) is 0 Å². The maximum atomic E-state index is 12.1. The number of halogens is 2. The van der Waals surface area contributed by atoms with Crippen LogP contribution >= 0.6 is 0 Å². The molecule has 0 N–H and O–H groups in total. The van der Waals surface area contributed by atoms with E-state index < -0.39 is 6.43 Å². The normalized spacial score (nSPS) is 17.5. The molecule has 0 aliphatic carbocycles. The van der Waals surface area contributed by atoms with Gasteiger partial charge in [0, 0.05) is 38.5 Å². The van der Waals surface area contributed by atoms with Gasteiger partial charge in [0.1, 0.15) is 0 Å². The second-order valence-corrected chi connectivity index (χ2v) is 5.49. The smallest absolute Gasteiger partial charge is 0.239 e. The first-order valence-corrected chi connectivity index (χ1v) is 7.27. The van der Waals surface area contributed by atoms with Crippen molar-refractivity contribution in [2.45, 2.75) is 57.9 Å². The standard InChI is InChI=1S/C14H26F2N2O/c1-12(17(2)11-8-13(15)16)6-5-7-14(19)18-9-3-4-10-18/h12-13H,3-11H2,1-2H3.